The SMILES string of the molecule is Clc1ccc2ncc3nc(C4CCCO4)[nH]c3c2c1. The zero-order chi connectivity index (χ0) is 12.8. The second-order valence-corrected chi connectivity index (χ2v) is 5.24. The van der Waals surface area contributed by atoms with Gasteiger partial charge in [-0.2, -0.15) is 0 Å². The van der Waals surface area contributed by atoms with E-state index in [1.807, 2.05) is 18.2 Å². The molecule has 19 heavy (non-hydrogen) atoms. The number of hydrogen-bond donors (Lipinski definition) is 1. The highest BCUT2D eigenvalue weighted by atomic mass is 35.5. The Labute approximate surface area is 114 Å². The minimum atomic E-state index is 0.0848. The van der Waals surface area contributed by atoms with Gasteiger partial charge in [0.1, 0.15) is 17.4 Å². The van der Waals surface area contributed by atoms with Crippen molar-refractivity contribution in [2.24, 2.45) is 0 Å². The van der Waals surface area contributed by atoms with Crippen LogP contribution in [0, 0.1) is 0 Å². The van der Waals surface area contributed by atoms with Gasteiger partial charge >= 0.3 is 0 Å². The molecule has 1 fully saturated rings. The number of hydrogen-bond acceptors (Lipinski definition) is 3. The number of nitrogens with zero attached hydrogens (tertiary/aromatic N) is 2. The van der Waals surface area contributed by atoms with Crippen molar-refractivity contribution < 1.29 is 4.74 Å². The predicted octanol–water partition coefficient (Wildman–Crippen LogP) is 3.62. The van der Waals surface area contributed by atoms with Crippen LogP contribution in [0.5, 0.6) is 0 Å². The number of nitrogens with one attached hydrogen (secondary N) is 1. The van der Waals surface area contributed by atoms with Crippen LogP contribution >= 0.6 is 11.6 Å². The molecule has 1 atom stereocenters. The third-order valence-corrected chi connectivity index (χ3v) is 3.77. The first-order valence-corrected chi connectivity index (χ1v) is 6.74. The van der Waals surface area contributed by atoms with Gasteiger partial charge in [0.2, 0.25) is 0 Å². The average molecular weight is 274 g/mol. The van der Waals surface area contributed by atoms with Crippen molar-refractivity contribution in [1.82, 2.24) is 15.0 Å². The lowest BCUT2D eigenvalue weighted by molar-refractivity contribution is 0.106. The van der Waals surface area contributed by atoms with Crippen LogP contribution in [0.2, 0.25) is 5.02 Å². The molecule has 1 aliphatic heterocycles. The summed E-state index contributed by atoms with van der Waals surface area (Å²) in [6, 6.07) is 5.69. The Morgan fingerprint density at radius 2 is 2.26 bits per heavy atom. The number of H-pyrrole nitrogens is 1. The number of ether oxygens (including phenoxy) is 1. The summed E-state index contributed by atoms with van der Waals surface area (Å²) in [7, 11) is 0. The first kappa shape index (κ1) is 11.2. The van der Waals surface area contributed by atoms with Crippen molar-refractivity contribution in [1.29, 1.82) is 0 Å². The molecular formula is C14H12ClN3O. The maximum absolute atomic E-state index is 6.07. The Morgan fingerprint density at radius 3 is 3.11 bits per heavy atom. The van der Waals surface area contributed by atoms with Gasteiger partial charge in [-0.3, -0.25) is 4.98 Å². The van der Waals surface area contributed by atoms with Crippen LogP contribution < -0.4 is 0 Å². The summed E-state index contributed by atoms with van der Waals surface area (Å²) < 4.78 is 5.66. The first-order valence-electron chi connectivity index (χ1n) is 6.37. The largest absolute Gasteiger partial charge is 0.370 e. The lowest BCUT2D eigenvalue weighted by Crippen LogP contribution is -1.97. The molecule has 1 saturated heterocycles. The molecule has 1 aromatic carbocycles. The smallest absolute Gasteiger partial charge is 0.136 e. The van der Waals surface area contributed by atoms with Gasteiger partial charge in [0.15, 0.2) is 0 Å². The highest BCUT2D eigenvalue weighted by Gasteiger charge is 2.21. The number of aromatic amines is 1. The molecular weight excluding hydrogens is 262 g/mol. The molecule has 3 heterocycles. The molecule has 1 unspecified atom stereocenters. The van der Waals surface area contributed by atoms with Gasteiger partial charge in [0.05, 0.1) is 17.2 Å². The minimum Gasteiger partial charge on any atom is -0.370 e. The van der Waals surface area contributed by atoms with Crippen LogP contribution in [0.1, 0.15) is 24.8 Å². The zero-order valence-corrected chi connectivity index (χ0v) is 10.9. The van der Waals surface area contributed by atoms with E-state index in [2.05, 4.69) is 15.0 Å². The number of rotatable bonds is 1. The number of halogens is 1. The fourth-order valence-corrected chi connectivity index (χ4v) is 2.77. The van der Waals surface area contributed by atoms with Gasteiger partial charge in [-0.05, 0) is 31.0 Å². The molecule has 1 N–H and O–H groups in total. The van der Waals surface area contributed by atoms with Crippen LogP contribution in [0.4, 0.5) is 0 Å². The molecule has 2 aromatic heterocycles. The fourth-order valence-electron chi connectivity index (χ4n) is 2.60. The Balaban J connectivity index is 1.96. The number of imidazole rings is 1. The maximum Gasteiger partial charge on any atom is 0.136 e. The van der Waals surface area contributed by atoms with E-state index in [1.54, 1.807) is 6.20 Å². The summed E-state index contributed by atoms with van der Waals surface area (Å²) in [5.74, 6) is 0.891. The lowest BCUT2D eigenvalue weighted by atomic mass is 10.2. The van der Waals surface area contributed by atoms with Crippen LogP contribution in [-0.2, 0) is 4.74 Å². The lowest BCUT2D eigenvalue weighted by Gasteiger charge is -2.03. The summed E-state index contributed by atoms with van der Waals surface area (Å²) >= 11 is 6.07. The first-order chi connectivity index (χ1) is 9.31. The topological polar surface area (TPSA) is 50.8 Å². The van der Waals surface area contributed by atoms with Crippen molar-refractivity contribution in [2.45, 2.75) is 18.9 Å². The minimum absolute atomic E-state index is 0.0848. The van der Waals surface area contributed by atoms with E-state index in [0.717, 1.165) is 47.2 Å². The van der Waals surface area contributed by atoms with Crippen molar-refractivity contribution >= 4 is 33.5 Å². The molecule has 96 valence electrons. The van der Waals surface area contributed by atoms with Gasteiger partial charge < -0.3 is 9.72 Å². The molecule has 0 bridgehead atoms. The van der Waals surface area contributed by atoms with E-state index in [0.29, 0.717) is 5.02 Å². The van der Waals surface area contributed by atoms with Crippen molar-refractivity contribution in [3.63, 3.8) is 0 Å². The van der Waals surface area contributed by atoms with Gasteiger partial charge in [-0.1, -0.05) is 11.6 Å². The van der Waals surface area contributed by atoms with Gasteiger partial charge in [-0.15, -0.1) is 0 Å². The van der Waals surface area contributed by atoms with Crippen LogP contribution in [-0.4, -0.2) is 21.6 Å². The fraction of sp³-hybridized carbons (Fsp3) is 0.286. The van der Waals surface area contributed by atoms with E-state index in [9.17, 15) is 0 Å². The summed E-state index contributed by atoms with van der Waals surface area (Å²) in [4.78, 5) is 12.4. The van der Waals surface area contributed by atoms with Crippen molar-refractivity contribution in [3.05, 3.63) is 35.2 Å². The predicted molar refractivity (Wildman–Crippen MR) is 74.3 cm³/mol. The van der Waals surface area contributed by atoms with Crippen LogP contribution in [0.3, 0.4) is 0 Å². The monoisotopic (exact) mass is 273 g/mol. The van der Waals surface area contributed by atoms with Crippen LogP contribution in [0.25, 0.3) is 21.9 Å². The molecule has 0 saturated carbocycles. The van der Waals surface area contributed by atoms with E-state index < -0.39 is 0 Å². The van der Waals surface area contributed by atoms with Gasteiger partial charge in [0, 0.05) is 17.0 Å². The number of pyridine rings is 1. The quantitative estimate of drug-likeness (QED) is 0.737. The van der Waals surface area contributed by atoms with Crippen LogP contribution in [0.15, 0.2) is 24.4 Å². The molecule has 1 aliphatic rings. The molecule has 3 aromatic rings. The Bertz CT molecular complexity index is 762. The second kappa shape index (κ2) is 4.18. The third kappa shape index (κ3) is 1.79. The Hall–Kier alpha value is -1.65. The number of fused-ring (bicyclic) bond motifs is 3. The standard InChI is InChI=1S/C14H12ClN3O/c15-8-3-4-10-9(6-8)13-11(7-16-10)17-14(18-13)12-2-1-5-19-12/h3-4,6-7,12H,1-2,5H2,(H,17,18). The molecule has 0 amide bonds. The van der Waals surface area contributed by atoms with E-state index >= 15 is 0 Å². The Kier molecular flexibility index (Phi) is 2.47. The number of aromatic nitrogens is 3. The summed E-state index contributed by atoms with van der Waals surface area (Å²) in [6.07, 6.45) is 3.99. The summed E-state index contributed by atoms with van der Waals surface area (Å²) in [5.41, 5.74) is 2.76. The van der Waals surface area contributed by atoms with Crippen molar-refractivity contribution in [3.8, 4) is 0 Å². The van der Waals surface area contributed by atoms with Gasteiger partial charge in [-0.25, -0.2) is 4.98 Å². The van der Waals surface area contributed by atoms with E-state index in [-0.39, 0.29) is 6.10 Å². The average Bonchev–Trinajstić information content (AvgIpc) is 3.07. The molecule has 5 heteroatoms. The second-order valence-electron chi connectivity index (χ2n) is 4.80. The normalized spacial score (nSPS) is 19.5. The summed E-state index contributed by atoms with van der Waals surface area (Å²) in [6.45, 7) is 0.812. The molecule has 0 aliphatic carbocycles. The van der Waals surface area contributed by atoms with Crippen molar-refractivity contribution in [2.75, 3.05) is 6.61 Å². The molecule has 4 nitrogen and oxygen atoms in total. The molecule has 0 radical (unpaired) electrons. The Morgan fingerprint density at radius 1 is 1.32 bits per heavy atom. The summed E-state index contributed by atoms with van der Waals surface area (Å²) in [5, 5.41) is 1.71. The zero-order valence-electron chi connectivity index (χ0n) is 10.2. The highest BCUT2D eigenvalue weighted by Crippen LogP contribution is 2.30. The highest BCUT2D eigenvalue weighted by molar-refractivity contribution is 6.31. The van der Waals surface area contributed by atoms with E-state index in [1.165, 1.54) is 0 Å². The molecule has 4 rings (SSSR count). The van der Waals surface area contributed by atoms with Gasteiger partial charge in [0.25, 0.3) is 0 Å². The maximum atomic E-state index is 6.07. The van der Waals surface area contributed by atoms with E-state index in [4.69, 9.17) is 16.3 Å². The molecule has 0 spiro atoms. The third-order valence-electron chi connectivity index (χ3n) is 3.54. The number of benzene rings is 1.